The van der Waals surface area contributed by atoms with Crippen LogP contribution in [0.2, 0.25) is 0 Å². The Kier molecular flexibility index (Phi) is 3.54. The van der Waals surface area contributed by atoms with Crippen molar-refractivity contribution in [1.82, 2.24) is 0 Å². The Bertz CT molecular complexity index is 215. The van der Waals surface area contributed by atoms with Gasteiger partial charge in [0.1, 0.15) is 0 Å². The third-order valence-corrected chi connectivity index (χ3v) is 2.42. The van der Waals surface area contributed by atoms with Crippen molar-refractivity contribution in [1.29, 1.82) is 0 Å². The van der Waals surface area contributed by atoms with Crippen molar-refractivity contribution in [3.8, 4) is 0 Å². The number of hydrogen-bond donors (Lipinski definition) is 0. The molecule has 0 aromatic heterocycles. The van der Waals surface area contributed by atoms with E-state index in [9.17, 15) is 0 Å². The Morgan fingerprint density at radius 1 is 0.923 bits per heavy atom. The zero-order valence-corrected chi connectivity index (χ0v) is 10.2. The van der Waals surface area contributed by atoms with E-state index in [-0.39, 0.29) is 10.8 Å². The lowest BCUT2D eigenvalue weighted by Crippen LogP contribution is -2.11. The van der Waals surface area contributed by atoms with Crippen molar-refractivity contribution in [3.05, 3.63) is 23.8 Å². The van der Waals surface area contributed by atoms with Crippen molar-refractivity contribution >= 4 is 0 Å². The van der Waals surface area contributed by atoms with E-state index in [1.54, 1.807) is 0 Å². The molecule has 1 radical (unpaired) electrons. The standard InChI is InChI=1S/C13H23/c1-10(12(3,4)5)9-11(2)13(6,7)8/h1,9H,2-8H3/b10-1?,11-9-. The van der Waals surface area contributed by atoms with Crippen molar-refractivity contribution < 1.29 is 0 Å². The molecule has 0 unspecified atom stereocenters. The van der Waals surface area contributed by atoms with Crippen molar-refractivity contribution in [2.75, 3.05) is 0 Å². The number of hydrogen-bond acceptors (Lipinski definition) is 0. The fraction of sp³-hybridized carbons (Fsp3) is 0.692. The average molecular weight is 179 g/mol. The minimum absolute atomic E-state index is 0.0759. The first-order valence-corrected chi connectivity index (χ1v) is 4.87. The van der Waals surface area contributed by atoms with E-state index in [1.165, 1.54) is 5.57 Å². The molecule has 0 aromatic rings. The second kappa shape index (κ2) is 3.69. The first kappa shape index (κ1) is 12.5. The fourth-order valence-electron chi connectivity index (χ4n) is 0.666. The number of rotatable bonds is 1. The smallest absolute Gasteiger partial charge is 0.0132 e. The van der Waals surface area contributed by atoms with Crippen molar-refractivity contribution in [3.63, 3.8) is 0 Å². The van der Waals surface area contributed by atoms with Crippen molar-refractivity contribution in [2.45, 2.75) is 48.5 Å². The molecule has 0 heteroatoms. The highest BCUT2D eigenvalue weighted by molar-refractivity contribution is 5.25. The molecule has 0 bridgehead atoms. The lowest BCUT2D eigenvalue weighted by atomic mass is 9.81. The van der Waals surface area contributed by atoms with Gasteiger partial charge < -0.3 is 0 Å². The molecule has 0 aliphatic heterocycles. The van der Waals surface area contributed by atoms with Gasteiger partial charge in [0, 0.05) is 0 Å². The van der Waals surface area contributed by atoms with Crippen LogP contribution >= 0.6 is 0 Å². The van der Waals surface area contributed by atoms with Gasteiger partial charge >= 0.3 is 0 Å². The molecular weight excluding hydrogens is 156 g/mol. The summed E-state index contributed by atoms with van der Waals surface area (Å²) in [6.45, 7) is 21.1. The zero-order chi connectivity index (χ0) is 10.9. The molecule has 13 heavy (non-hydrogen) atoms. The van der Waals surface area contributed by atoms with E-state index in [1.807, 2.05) is 0 Å². The summed E-state index contributed by atoms with van der Waals surface area (Å²) in [5.74, 6) is 0. The highest BCUT2D eigenvalue weighted by atomic mass is 14.2. The zero-order valence-electron chi connectivity index (χ0n) is 10.2. The van der Waals surface area contributed by atoms with Gasteiger partial charge in [0.05, 0.1) is 0 Å². The summed E-state index contributed by atoms with van der Waals surface area (Å²) in [4.78, 5) is 0. The minimum Gasteiger partial charge on any atom is -0.0677 e. The Hall–Kier alpha value is -0.520. The molecule has 0 rings (SSSR count). The second-order valence-electron chi connectivity index (χ2n) is 5.78. The molecule has 0 N–H and O–H groups in total. The third-order valence-electron chi connectivity index (χ3n) is 2.42. The Morgan fingerprint density at radius 3 is 1.54 bits per heavy atom. The van der Waals surface area contributed by atoms with Gasteiger partial charge in [-0.1, -0.05) is 59.8 Å². The average Bonchev–Trinajstić information content (AvgIpc) is 1.82. The second-order valence-corrected chi connectivity index (χ2v) is 5.78. The molecule has 0 aromatic carbocycles. The van der Waals surface area contributed by atoms with Crippen LogP contribution < -0.4 is 0 Å². The molecule has 0 aliphatic carbocycles. The van der Waals surface area contributed by atoms with Crippen LogP contribution in [0.1, 0.15) is 48.5 Å². The van der Waals surface area contributed by atoms with Crippen LogP contribution in [-0.2, 0) is 0 Å². The van der Waals surface area contributed by atoms with E-state index < -0.39 is 0 Å². The molecule has 75 valence electrons. The van der Waals surface area contributed by atoms with Gasteiger partial charge in [-0.15, -0.1) is 0 Å². The Labute approximate surface area is 83.7 Å². The molecule has 0 spiro atoms. The summed E-state index contributed by atoms with van der Waals surface area (Å²) in [6, 6.07) is 0. The highest BCUT2D eigenvalue weighted by Gasteiger charge is 2.17. The lowest BCUT2D eigenvalue weighted by Gasteiger charge is -2.24. The van der Waals surface area contributed by atoms with Crippen molar-refractivity contribution in [2.24, 2.45) is 10.8 Å². The number of allylic oxidation sites excluding steroid dienone is 3. The monoisotopic (exact) mass is 179 g/mol. The molecule has 0 heterocycles. The first-order valence-electron chi connectivity index (χ1n) is 4.87. The van der Waals surface area contributed by atoms with E-state index >= 15 is 0 Å². The maximum atomic E-state index is 5.99. The summed E-state index contributed by atoms with van der Waals surface area (Å²) in [7, 11) is 0. The first-order chi connectivity index (χ1) is 5.55. The predicted molar refractivity (Wildman–Crippen MR) is 60.5 cm³/mol. The van der Waals surface area contributed by atoms with Crippen LogP contribution in [0.4, 0.5) is 0 Å². The molecular formula is C13H23. The summed E-state index contributed by atoms with van der Waals surface area (Å²) in [5, 5.41) is 0. The van der Waals surface area contributed by atoms with Crippen LogP contribution in [0.25, 0.3) is 0 Å². The molecule has 0 amide bonds. The summed E-state index contributed by atoms with van der Waals surface area (Å²) in [5.41, 5.74) is 2.59. The maximum Gasteiger partial charge on any atom is -0.0132 e. The van der Waals surface area contributed by atoms with E-state index in [0.29, 0.717) is 0 Å². The predicted octanol–water partition coefficient (Wildman–Crippen LogP) is 4.38. The van der Waals surface area contributed by atoms with Gasteiger partial charge in [0.15, 0.2) is 0 Å². The molecule has 0 saturated heterocycles. The van der Waals surface area contributed by atoms with E-state index in [4.69, 9.17) is 6.58 Å². The van der Waals surface area contributed by atoms with Gasteiger partial charge in [-0.2, -0.15) is 0 Å². The van der Waals surface area contributed by atoms with E-state index in [2.05, 4.69) is 54.5 Å². The quantitative estimate of drug-likeness (QED) is 0.524. The summed E-state index contributed by atoms with van der Waals surface area (Å²) in [6.07, 6.45) is 2.11. The van der Waals surface area contributed by atoms with Gasteiger partial charge in [-0.3, -0.25) is 0 Å². The third kappa shape index (κ3) is 4.31. The topological polar surface area (TPSA) is 0 Å². The SMILES string of the molecule is [CH]=C(/C=C(/C)C(C)(C)C)C(C)(C)C. The molecule has 0 atom stereocenters. The van der Waals surface area contributed by atoms with Gasteiger partial charge in [0.2, 0.25) is 0 Å². The van der Waals surface area contributed by atoms with Crippen LogP contribution in [0.3, 0.4) is 0 Å². The Balaban J connectivity index is 4.70. The van der Waals surface area contributed by atoms with Crippen LogP contribution in [0, 0.1) is 17.4 Å². The molecule has 0 saturated carbocycles. The lowest BCUT2D eigenvalue weighted by molar-refractivity contribution is 0.490. The van der Waals surface area contributed by atoms with Gasteiger partial charge in [-0.05, 0) is 23.3 Å². The van der Waals surface area contributed by atoms with Crippen LogP contribution in [-0.4, -0.2) is 0 Å². The molecule has 0 aliphatic rings. The van der Waals surface area contributed by atoms with Gasteiger partial charge in [0.25, 0.3) is 0 Å². The minimum atomic E-state index is 0.0759. The summed E-state index contributed by atoms with van der Waals surface area (Å²) >= 11 is 0. The maximum absolute atomic E-state index is 5.99. The van der Waals surface area contributed by atoms with E-state index in [0.717, 1.165) is 5.57 Å². The summed E-state index contributed by atoms with van der Waals surface area (Å²) < 4.78 is 0. The highest BCUT2D eigenvalue weighted by Crippen LogP contribution is 2.30. The fourth-order valence-corrected chi connectivity index (χ4v) is 0.666. The normalized spacial score (nSPS) is 14.5. The molecule has 0 nitrogen and oxygen atoms in total. The Morgan fingerprint density at radius 2 is 1.31 bits per heavy atom. The van der Waals surface area contributed by atoms with Crippen LogP contribution in [0.15, 0.2) is 17.2 Å². The molecule has 0 fully saturated rings. The van der Waals surface area contributed by atoms with Crippen LogP contribution in [0.5, 0.6) is 0 Å². The largest absolute Gasteiger partial charge is 0.0677 e. The van der Waals surface area contributed by atoms with Gasteiger partial charge in [-0.25, -0.2) is 0 Å².